The minimum atomic E-state index is -0.0870. The van der Waals surface area contributed by atoms with Crippen molar-refractivity contribution in [2.45, 2.75) is 105 Å². The molecule has 3 fully saturated rings. The zero-order chi connectivity index (χ0) is 21.7. The fourth-order valence-electron chi connectivity index (χ4n) is 8.83. The van der Waals surface area contributed by atoms with Crippen LogP contribution in [0.3, 0.4) is 0 Å². The van der Waals surface area contributed by atoms with E-state index in [9.17, 15) is 5.11 Å². The van der Waals surface area contributed by atoms with Crippen LogP contribution in [0.25, 0.3) is 0 Å². The fraction of sp³-hybridized carbons (Fsp3) is 0.862. The van der Waals surface area contributed by atoms with Gasteiger partial charge in [0.05, 0.1) is 6.10 Å². The molecule has 0 radical (unpaired) electrons. The van der Waals surface area contributed by atoms with Gasteiger partial charge in [-0.25, -0.2) is 0 Å². The fourth-order valence-corrected chi connectivity index (χ4v) is 8.83. The Morgan fingerprint density at radius 2 is 1.80 bits per heavy atom. The van der Waals surface area contributed by atoms with Gasteiger partial charge >= 0.3 is 0 Å². The Bertz CT molecular complexity index is 674. The summed E-state index contributed by atoms with van der Waals surface area (Å²) in [4.78, 5) is 0. The topological polar surface area (TPSA) is 20.2 Å². The zero-order valence-electron chi connectivity index (χ0n) is 20.7. The zero-order valence-corrected chi connectivity index (χ0v) is 20.7. The molecule has 170 valence electrons. The van der Waals surface area contributed by atoms with Gasteiger partial charge in [0.2, 0.25) is 0 Å². The maximum atomic E-state index is 10.2. The Morgan fingerprint density at radius 3 is 2.50 bits per heavy atom. The summed E-state index contributed by atoms with van der Waals surface area (Å²) in [6.07, 6.45) is 19.1. The molecule has 0 aromatic carbocycles. The molecule has 0 spiro atoms. The highest BCUT2D eigenvalue weighted by Gasteiger charge is 2.58. The Labute approximate surface area is 186 Å². The molecule has 3 saturated carbocycles. The SMILES string of the molecule is CC[C@H](C=C[C@@H](C)C1CC[C@H]2[C@H]3CC=C4C[C@@H](O)CC[C@]4(C)[C@@H]3CC[C@@]12C)C(C)C. The highest BCUT2D eigenvalue weighted by Crippen LogP contribution is 2.67. The van der Waals surface area contributed by atoms with Gasteiger partial charge in [-0.2, -0.15) is 0 Å². The molecule has 0 aromatic heterocycles. The predicted octanol–water partition coefficient (Wildman–Crippen LogP) is 7.80. The molecule has 30 heavy (non-hydrogen) atoms. The molecule has 0 amide bonds. The molecule has 0 aromatic rings. The summed E-state index contributed by atoms with van der Waals surface area (Å²) in [5.41, 5.74) is 2.51. The lowest BCUT2D eigenvalue weighted by atomic mass is 9.47. The van der Waals surface area contributed by atoms with Crippen LogP contribution in [0.2, 0.25) is 0 Å². The Kier molecular flexibility index (Phi) is 6.35. The van der Waals surface area contributed by atoms with Gasteiger partial charge in [-0.1, -0.05) is 65.3 Å². The largest absolute Gasteiger partial charge is 0.393 e. The maximum absolute atomic E-state index is 10.2. The molecule has 1 unspecified atom stereocenters. The van der Waals surface area contributed by atoms with Crippen molar-refractivity contribution in [2.75, 3.05) is 0 Å². The molecular formula is C29H48O. The second-order valence-electron chi connectivity index (χ2n) is 12.4. The molecule has 1 nitrogen and oxygen atoms in total. The van der Waals surface area contributed by atoms with Crippen LogP contribution in [-0.4, -0.2) is 11.2 Å². The van der Waals surface area contributed by atoms with Gasteiger partial charge in [0.15, 0.2) is 0 Å². The van der Waals surface area contributed by atoms with E-state index in [2.05, 4.69) is 59.8 Å². The van der Waals surface area contributed by atoms with Crippen LogP contribution in [0.15, 0.2) is 23.8 Å². The molecule has 4 aliphatic carbocycles. The minimum Gasteiger partial charge on any atom is -0.393 e. The second kappa shape index (κ2) is 8.42. The van der Waals surface area contributed by atoms with Crippen molar-refractivity contribution in [3.05, 3.63) is 23.8 Å². The van der Waals surface area contributed by atoms with Crippen molar-refractivity contribution in [1.82, 2.24) is 0 Å². The monoisotopic (exact) mass is 412 g/mol. The first-order valence-corrected chi connectivity index (χ1v) is 13.3. The maximum Gasteiger partial charge on any atom is 0.0577 e. The first-order valence-electron chi connectivity index (χ1n) is 13.3. The van der Waals surface area contributed by atoms with Crippen LogP contribution in [0.5, 0.6) is 0 Å². The van der Waals surface area contributed by atoms with E-state index in [4.69, 9.17) is 0 Å². The van der Waals surface area contributed by atoms with Crippen molar-refractivity contribution in [3.63, 3.8) is 0 Å². The van der Waals surface area contributed by atoms with Gasteiger partial charge < -0.3 is 5.11 Å². The molecule has 0 heterocycles. The first kappa shape index (κ1) is 22.6. The third kappa shape index (κ3) is 3.66. The quantitative estimate of drug-likeness (QED) is 0.457. The molecule has 4 aliphatic rings. The predicted molar refractivity (Wildman–Crippen MR) is 128 cm³/mol. The number of aliphatic hydroxyl groups is 1. The number of fused-ring (bicyclic) bond motifs is 5. The van der Waals surface area contributed by atoms with E-state index in [0.29, 0.717) is 16.7 Å². The average molecular weight is 413 g/mol. The molecular weight excluding hydrogens is 364 g/mol. The third-order valence-electron chi connectivity index (χ3n) is 10.8. The van der Waals surface area contributed by atoms with Crippen LogP contribution < -0.4 is 0 Å². The number of hydrogen-bond donors (Lipinski definition) is 1. The third-order valence-corrected chi connectivity index (χ3v) is 10.8. The lowest BCUT2D eigenvalue weighted by Crippen LogP contribution is -2.50. The van der Waals surface area contributed by atoms with Gasteiger partial charge in [0.25, 0.3) is 0 Å². The van der Waals surface area contributed by atoms with Gasteiger partial charge in [0, 0.05) is 0 Å². The molecule has 9 atom stereocenters. The highest BCUT2D eigenvalue weighted by molar-refractivity contribution is 5.25. The number of rotatable bonds is 5. The van der Waals surface area contributed by atoms with Crippen LogP contribution in [0, 0.1) is 52.3 Å². The van der Waals surface area contributed by atoms with E-state index in [1.165, 1.54) is 44.9 Å². The van der Waals surface area contributed by atoms with Gasteiger partial charge in [-0.05, 0) is 110 Å². The standard InChI is InChI=1S/C29H48O/c1-7-21(19(2)3)9-8-20(4)25-12-13-26-24-11-10-22-18-23(30)14-16-28(22,5)27(24)15-17-29(25,26)6/h8-10,19-21,23-27,30H,7,11-18H2,1-6H3/t20-,21-,23+,24-,25?,26+,27-,28+,29+/m1/s1. The van der Waals surface area contributed by atoms with E-state index >= 15 is 0 Å². The van der Waals surface area contributed by atoms with Crippen LogP contribution in [0.1, 0.15) is 99.3 Å². The van der Waals surface area contributed by atoms with Crippen molar-refractivity contribution in [1.29, 1.82) is 0 Å². The summed E-state index contributed by atoms with van der Waals surface area (Å²) in [5.74, 6) is 5.70. The number of allylic oxidation sites excluding steroid dienone is 3. The summed E-state index contributed by atoms with van der Waals surface area (Å²) in [5, 5.41) is 10.2. The van der Waals surface area contributed by atoms with Gasteiger partial charge in [-0.3, -0.25) is 0 Å². The van der Waals surface area contributed by atoms with E-state index < -0.39 is 0 Å². The molecule has 4 rings (SSSR count). The van der Waals surface area contributed by atoms with Crippen LogP contribution >= 0.6 is 0 Å². The second-order valence-corrected chi connectivity index (χ2v) is 12.4. The summed E-state index contributed by atoms with van der Waals surface area (Å²) in [6, 6.07) is 0. The Morgan fingerprint density at radius 1 is 1.03 bits per heavy atom. The van der Waals surface area contributed by atoms with E-state index in [1.807, 2.05) is 0 Å². The summed E-state index contributed by atoms with van der Waals surface area (Å²) < 4.78 is 0. The number of aliphatic hydroxyl groups excluding tert-OH is 1. The van der Waals surface area contributed by atoms with E-state index in [1.54, 1.807) is 5.57 Å². The summed E-state index contributed by atoms with van der Waals surface area (Å²) in [6.45, 7) is 14.8. The van der Waals surface area contributed by atoms with Gasteiger partial charge in [0.1, 0.15) is 0 Å². The molecule has 0 saturated heterocycles. The Balaban J connectivity index is 1.52. The highest BCUT2D eigenvalue weighted by atomic mass is 16.3. The lowest BCUT2D eigenvalue weighted by Gasteiger charge is -2.58. The molecule has 0 aliphatic heterocycles. The van der Waals surface area contributed by atoms with Gasteiger partial charge in [-0.15, -0.1) is 0 Å². The number of hydrogen-bond acceptors (Lipinski definition) is 1. The van der Waals surface area contributed by atoms with Crippen LogP contribution in [-0.2, 0) is 0 Å². The first-order chi connectivity index (χ1) is 14.2. The molecule has 1 N–H and O–H groups in total. The van der Waals surface area contributed by atoms with Crippen LogP contribution in [0.4, 0.5) is 0 Å². The Hall–Kier alpha value is -0.560. The van der Waals surface area contributed by atoms with Crippen molar-refractivity contribution >= 4 is 0 Å². The van der Waals surface area contributed by atoms with Crippen molar-refractivity contribution in [2.24, 2.45) is 52.3 Å². The van der Waals surface area contributed by atoms with E-state index in [0.717, 1.165) is 48.3 Å². The molecule has 1 heteroatoms. The van der Waals surface area contributed by atoms with Crippen molar-refractivity contribution < 1.29 is 5.11 Å². The normalized spacial score (nSPS) is 45.6. The lowest BCUT2D eigenvalue weighted by molar-refractivity contribution is -0.0540. The molecule has 0 bridgehead atoms. The smallest absolute Gasteiger partial charge is 0.0577 e. The van der Waals surface area contributed by atoms with Crippen molar-refractivity contribution in [3.8, 4) is 0 Å². The minimum absolute atomic E-state index is 0.0870. The average Bonchev–Trinajstić information content (AvgIpc) is 3.06. The van der Waals surface area contributed by atoms with E-state index in [-0.39, 0.29) is 6.10 Å². The summed E-state index contributed by atoms with van der Waals surface area (Å²) in [7, 11) is 0. The summed E-state index contributed by atoms with van der Waals surface area (Å²) >= 11 is 0.